The molecular formula is C16H17F6N3O4S. The molecule has 1 aromatic heterocycles. The number of nitrogens with one attached hydrogen (secondary N) is 1. The van der Waals surface area contributed by atoms with Crippen molar-refractivity contribution < 1.29 is 44.2 Å². The molecule has 1 aromatic carbocycles. The van der Waals surface area contributed by atoms with Gasteiger partial charge in [-0.15, -0.1) is 0 Å². The predicted molar refractivity (Wildman–Crippen MR) is 93.0 cm³/mol. The molecule has 0 spiro atoms. The number of nitrogens with zero attached hydrogens (tertiary/aromatic N) is 2. The van der Waals surface area contributed by atoms with E-state index in [1.807, 2.05) is 0 Å². The first kappa shape index (κ1) is 23.6. The summed E-state index contributed by atoms with van der Waals surface area (Å²) in [6.07, 6.45) is -9.47. The second-order valence-corrected chi connectivity index (χ2v) is 7.84. The molecule has 2 aromatic rings. The van der Waals surface area contributed by atoms with Gasteiger partial charge in [-0.25, -0.2) is 8.42 Å². The van der Waals surface area contributed by atoms with Crippen LogP contribution in [0.4, 0.5) is 32.0 Å². The zero-order chi connectivity index (χ0) is 22.9. The maximum Gasteiger partial charge on any atom is 0.422 e. The Morgan fingerprint density at radius 1 is 1.03 bits per heavy atom. The van der Waals surface area contributed by atoms with Crippen molar-refractivity contribution in [1.82, 2.24) is 9.78 Å². The molecule has 1 heterocycles. The van der Waals surface area contributed by atoms with E-state index in [9.17, 15) is 34.8 Å². The van der Waals surface area contributed by atoms with E-state index in [-0.39, 0.29) is 11.4 Å². The Bertz CT molecular complexity index is 1020. The summed E-state index contributed by atoms with van der Waals surface area (Å²) in [4.78, 5) is -0.825. The quantitative estimate of drug-likeness (QED) is 0.636. The van der Waals surface area contributed by atoms with Crippen LogP contribution in [0, 0.1) is 13.8 Å². The maximum absolute atomic E-state index is 12.8. The summed E-state index contributed by atoms with van der Waals surface area (Å²) in [6.45, 7) is -0.483. The first-order chi connectivity index (χ1) is 13.6. The number of ether oxygens (including phenoxy) is 2. The Kier molecular flexibility index (Phi) is 6.49. The van der Waals surface area contributed by atoms with Crippen LogP contribution in [0.2, 0.25) is 0 Å². The van der Waals surface area contributed by atoms with Crippen LogP contribution in [-0.2, 0) is 17.1 Å². The average molecular weight is 461 g/mol. The normalized spacial score (nSPS) is 12.7. The predicted octanol–water partition coefficient (Wildman–Crippen LogP) is 3.72. The molecule has 0 bridgehead atoms. The highest BCUT2D eigenvalue weighted by molar-refractivity contribution is 7.92. The zero-order valence-corrected chi connectivity index (χ0v) is 16.7. The number of hydrogen-bond donors (Lipinski definition) is 1. The van der Waals surface area contributed by atoms with Gasteiger partial charge in [0.1, 0.15) is 16.4 Å². The van der Waals surface area contributed by atoms with Gasteiger partial charge in [0.2, 0.25) is 0 Å². The minimum Gasteiger partial charge on any atom is -0.484 e. The number of halogens is 6. The van der Waals surface area contributed by atoms with E-state index in [4.69, 9.17) is 0 Å². The number of hydrogen-bond acceptors (Lipinski definition) is 5. The van der Waals surface area contributed by atoms with Crippen molar-refractivity contribution in [2.24, 2.45) is 7.05 Å². The Balaban J connectivity index is 2.45. The Hall–Kier alpha value is -2.64. The molecule has 0 amide bonds. The van der Waals surface area contributed by atoms with Gasteiger partial charge in [0, 0.05) is 13.1 Å². The van der Waals surface area contributed by atoms with E-state index >= 15 is 0 Å². The van der Waals surface area contributed by atoms with E-state index in [0.29, 0.717) is 11.8 Å². The standard InChI is InChI=1S/C16H17F6N3O4S/c1-9-14(10(2)25(3)23-9)24-30(26,27)13-6-11(28-7-15(17,18)19)4-5-12(13)29-8-16(20,21)22/h4-6,24H,7-8H2,1-3H3. The second kappa shape index (κ2) is 8.24. The highest BCUT2D eigenvalue weighted by Crippen LogP contribution is 2.33. The molecule has 1 N–H and O–H groups in total. The largest absolute Gasteiger partial charge is 0.484 e. The molecule has 2 rings (SSSR count). The molecule has 0 atom stereocenters. The zero-order valence-electron chi connectivity index (χ0n) is 15.8. The van der Waals surface area contributed by atoms with Crippen LogP contribution in [-0.4, -0.2) is 43.8 Å². The lowest BCUT2D eigenvalue weighted by Gasteiger charge is -2.16. The number of alkyl halides is 6. The second-order valence-electron chi connectivity index (χ2n) is 6.19. The molecular weight excluding hydrogens is 444 g/mol. The van der Waals surface area contributed by atoms with Gasteiger partial charge in [-0.1, -0.05) is 0 Å². The Morgan fingerprint density at radius 2 is 1.60 bits per heavy atom. The van der Waals surface area contributed by atoms with Crippen molar-refractivity contribution in [1.29, 1.82) is 0 Å². The summed E-state index contributed by atoms with van der Waals surface area (Å²) in [6, 6.07) is 2.31. The molecule has 0 saturated carbocycles. The van der Waals surface area contributed by atoms with Crippen molar-refractivity contribution >= 4 is 15.7 Å². The van der Waals surface area contributed by atoms with Crippen LogP contribution in [0.15, 0.2) is 23.1 Å². The van der Waals surface area contributed by atoms with E-state index in [1.54, 1.807) is 14.0 Å². The van der Waals surface area contributed by atoms with Crippen LogP contribution in [0.1, 0.15) is 11.4 Å². The van der Waals surface area contributed by atoms with Crippen molar-refractivity contribution in [2.45, 2.75) is 31.1 Å². The van der Waals surface area contributed by atoms with Gasteiger partial charge >= 0.3 is 12.4 Å². The van der Waals surface area contributed by atoms with Gasteiger partial charge < -0.3 is 9.47 Å². The summed E-state index contributed by atoms with van der Waals surface area (Å²) >= 11 is 0. The third-order valence-corrected chi connectivity index (χ3v) is 5.11. The molecule has 168 valence electrons. The van der Waals surface area contributed by atoms with Crippen molar-refractivity contribution in [2.75, 3.05) is 17.9 Å². The van der Waals surface area contributed by atoms with E-state index in [1.165, 1.54) is 11.6 Å². The highest BCUT2D eigenvalue weighted by atomic mass is 32.2. The fourth-order valence-electron chi connectivity index (χ4n) is 2.34. The van der Waals surface area contributed by atoms with Crippen LogP contribution >= 0.6 is 0 Å². The first-order valence-corrected chi connectivity index (χ1v) is 9.63. The van der Waals surface area contributed by atoms with Crippen molar-refractivity contribution in [3.8, 4) is 11.5 Å². The van der Waals surface area contributed by atoms with Gasteiger partial charge in [-0.3, -0.25) is 9.40 Å². The number of sulfonamides is 1. The van der Waals surface area contributed by atoms with Crippen LogP contribution in [0.25, 0.3) is 0 Å². The summed E-state index contributed by atoms with van der Waals surface area (Å²) < 4.78 is 113. The third kappa shape index (κ3) is 6.18. The molecule has 0 radical (unpaired) electrons. The maximum atomic E-state index is 12.8. The summed E-state index contributed by atoms with van der Waals surface area (Å²) in [7, 11) is -3.03. The first-order valence-electron chi connectivity index (χ1n) is 8.15. The van der Waals surface area contributed by atoms with Crippen molar-refractivity contribution in [3.63, 3.8) is 0 Å². The topological polar surface area (TPSA) is 82.5 Å². The van der Waals surface area contributed by atoms with E-state index < -0.39 is 52.0 Å². The summed E-state index contributed by atoms with van der Waals surface area (Å²) in [5.74, 6) is -1.23. The molecule has 0 fully saturated rings. The molecule has 7 nitrogen and oxygen atoms in total. The lowest BCUT2D eigenvalue weighted by molar-refractivity contribution is -0.154. The minimum atomic E-state index is -4.77. The molecule has 0 aliphatic carbocycles. The highest BCUT2D eigenvalue weighted by Gasteiger charge is 2.32. The lowest BCUT2D eigenvalue weighted by atomic mass is 10.3. The van der Waals surface area contributed by atoms with Crippen LogP contribution < -0.4 is 14.2 Å². The fourth-order valence-corrected chi connectivity index (χ4v) is 3.68. The van der Waals surface area contributed by atoms with Crippen molar-refractivity contribution in [3.05, 3.63) is 29.6 Å². The fraction of sp³-hybridized carbons (Fsp3) is 0.438. The molecule has 0 aliphatic rings. The number of aryl methyl sites for hydroxylation is 2. The Morgan fingerprint density at radius 3 is 2.10 bits per heavy atom. The molecule has 14 heteroatoms. The molecule has 0 unspecified atom stereocenters. The number of aromatic nitrogens is 2. The van der Waals surface area contributed by atoms with Gasteiger partial charge in [-0.2, -0.15) is 31.4 Å². The van der Waals surface area contributed by atoms with Gasteiger partial charge in [-0.05, 0) is 26.0 Å². The lowest BCUT2D eigenvalue weighted by Crippen LogP contribution is -2.22. The van der Waals surface area contributed by atoms with Gasteiger partial charge in [0.05, 0.1) is 17.1 Å². The smallest absolute Gasteiger partial charge is 0.422 e. The monoisotopic (exact) mass is 461 g/mol. The van der Waals surface area contributed by atoms with E-state index in [0.717, 1.165) is 12.1 Å². The van der Waals surface area contributed by atoms with Crippen LogP contribution in [0.3, 0.4) is 0 Å². The van der Waals surface area contributed by atoms with E-state index in [2.05, 4.69) is 19.3 Å². The number of rotatable bonds is 7. The third-order valence-electron chi connectivity index (χ3n) is 3.74. The minimum absolute atomic E-state index is 0.0703. The number of anilines is 1. The molecule has 0 aliphatic heterocycles. The Labute approximate surface area is 167 Å². The molecule has 0 saturated heterocycles. The van der Waals surface area contributed by atoms with Crippen LogP contribution in [0.5, 0.6) is 11.5 Å². The SMILES string of the molecule is Cc1nn(C)c(C)c1NS(=O)(=O)c1cc(OCC(F)(F)F)ccc1OCC(F)(F)F. The average Bonchev–Trinajstić information content (AvgIpc) is 2.83. The molecule has 30 heavy (non-hydrogen) atoms. The number of benzene rings is 1. The summed E-state index contributed by atoms with van der Waals surface area (Å²) in [5, 5.41) is 4.01. The van der Waals surface area contributed by atoms with Gasteiger partial charge in [0.25, 0.3) is 10.0 Å². The van der Waals surface area contributed by atoms with Gasteiger partial charge in [0.15, 0.2) is 13.2 Å². The summed E-state index contributed by atoms with van der Waals surface area (Å²) in [5.41, 5.74) is 0.750.